The van der Waals surface area contributed by atoms with E-state index in [0.717, 1.165) is 40.6 Å². The zero-order valence-electron chi connectivity index (χ0n) is 18.6. The molecular weight excluding hydrogens is 416 g/mol. The lowest BCUT2D eigenvalue weighted by Crippen LogP contribution is -2.04. The summed E-state index contributed by atoms with van der Waals surface area (Å²) in [6.45, 7) is 0. The van der Waals surface area contributed by atoms with Crippen LogP contribution in [-0.2, 0) is 9.47 Å². The van der Waals surface area contributed by atoms with Crippen LogP contribution in [0.1, 0.15) is 25.0 Å². The molecule has 0 N–H and O–H groups in total. The van der Waals surface area contributed by atoms with Gasteiger partial charge in [-0.25, -0.2) is 9.97 Å². The summed E-state index contributed by atoms with van der Waals surface area (Å²) >= 11 is 0. The van der Waals surface area contributed by atoms with E-state index in [1.807, 2.05) is 30.3 Å². The van der Waals surface area contributed by atoms with Crippen molar-refractivity contribution in [2.45, 2.75) is 19.3 Å². The third-order valence-electron chi connectivity index (χ3n) is 5.70. The maximum Gasteiger partial charge on any atom is 0.188 e. The largest absolute Gasteiger partial charge is 0.493 e. The normalized spacial score (nSPS) is 15.2. The molecule has 5 rings (SSSR count). The van der Waals surface area contributed by atoms with Gasteiger partial charge in [-0.15, -0.1) is 0 Å². The highest BCUT2D eigenvalue weighted by Crippen LogP contribution is 2.35. The topological polar surface area (TPSA) is 62.7 Å². The van der Waals surface area contributed by atoms with Gasteiger partial charge >= 0.3 is 0 Å². The fraction of sp³-hybridized carbons (Fsp3) is 0.185. The molecule has 0 radical (unpaired) electrons. The number of hydrogen-bond acceptors (Lipinski definition) is 6. The predicted octanol–water partition coefficient (Wildman–Crippen LogP) is 6.17. The molecule has 3 aromatic rings. The van der Waals surface area contributed by atoms with Gasteiger partial charge in [0.05, 0.1) is 19.7 Å². The Morgan fingerprint density at radius 2 is 1.79 bits per heavy atom. The van der Waals surface area contributed by atoms with Gasteiger partial charge in [-0.05, 0) is 48.2 Å². The summed E-state index contributed by atoms with van der Waals surface area (Å²) in [5.41, 5.74) is 4.83. The number of allylic oxidation sites excluding steroid dienone is 4. The fourth-order valence-corrected chi connectivity index (χ4v) is 4.01. The summed E-state index contributed by atoms with van der Waals surface area (Å²) < 4.78 is 22.7. The molecule has 0 bridgehead atoms. The zero-order valence-corrected chi connectivity index (χ0v) is 18.6. The molecule has 0 fully saturated rings. The Hall–Kier alpha value is -4.06. The first-order valence-corrected chi connectivity index (χ1v) is 10.8. The molecule has 0 saturated heterocycles. The first-order valence-electron chi connectivity index (χ1n) is 10.8. The number of aromatic nitrogens is 2. The highest BCUT2D eigenvalue weighted by molar-refractivity contribution is 5.91. The van der Waals surface area contributed by atoms with Crippen molar-refractivity contribution in [1.82, 2.24) is 9.97 Å². The Kier molecular flexibility index (Phi) is 5.81. The zero-order chi connectivity index (χ0) is 22.6. The molecule has 2 aliphatic rings. The van der Waals surface area contributed by atoms with Gasteiger partial charge in [-0.3, -0.25) is 0 Å². The average molecular weight is 440 g/mol. The van der Waals surface area contributed by atoms with Gasteiger partial charge in [0.1, 0.15) is 30.3 Å². The summed E-state index contributed by atoms with van der Waals surface area (Å²) in [6.07, 6.45) is 14.0. The minimum atomic E-state index is 0.566. The third-order valence-corrected chi connectivity index (χ3v) is 5.70. The number of benzene rings is 2. The average Bonchev–Trinajstić information content (AvgIpc) is 2.88. The van der Waals surface area contributed by atoms with Crippen molar-refractivity contribution in [3.05, 3.63) is 90.5 Å². The summed E-state index contributed by atoms with van der Waals surface area (Å²) in [5, 5.41) is 0.876. The molecular formula is C27H24N2O4. The Morgan fingerprint density at radius 1 is 0.939 bits per heavy atom. The van der Waals surface area contributed by atoms with Crippen molar-refractivity contribution in [3.8, 4) is 22.6 Å². The monoisotopic (exact) mass is 440 g/mol. The number of methoxy groups -OCH3 is 2. The number of rotatable bonds is 6. The van der Waals surface area contributed by atoms with Crippen molar-refractivity contribution < 1.29 is 18.9 Å². The Labute approximate surface area is 192 Å². The summed E-state index contributed by atoms with van der Waals surface area (Å²) in [6, 6.07) is 11.9. The van der Waals surface area contributed by atoms with Gasteiger partial charge in [0.2, 0.25) is 0 Å². The van der Waals surface area contributed by atoms with Crippen LogP contribution in [0.25, 0.3) is 27.8 Å². The van der Waals surface area contributed by atoms with Crippen LogP contribution in [0, 0.1) is 0 Å². The van der Waals surface area contributed by atoms with E-state index >= 15 is 0 Å². The van der Waals surface area contributed by atoms with Crippen molar-refractivity contribution in [2.75, 3.05) is 14.2 Å². The van der Waals surface area contributed by atoms with Crippen LogP contribution < -0.4 is 9.47 Å². The molecule has 6 heteroatoms. The molecule has 1 aromatic heterocycles. The van der Waals surface area contributed by atoms with E-state index in [4.69, 9.17) is 18.9 Å². The van der Waals surface area contributed by atoms with Gasteiger partial charge < -0.3 is 18.9 Å². The van der Waals surface area contributed by atoms with E-state index in [9.17, 15) is 0 Å². The Balaban J connectivity index is 1.47. The lowest BCUT2D eigenvalue weighted by Gasteiger charge is -2.19. The Bertz CT molecular complexity index is 1320. The SMILES string of the molecule is COc1ccc(-c2ccc3ncnc(C4=COC=C(CC5=CC=CCC5)O4)c3c2)cc1OC. The van der Waals surface area contributed by atoms with Gasteiger partial charge in [-0.1, -0.05) is 35.9 Å². The predicted molar refractivity (Wildman–Crippen MR) is 127 cm³/mol. The smallest absolute Gasteiger partial charge is 0.188 e. The first-order chi connectivity index (χ1) is 16.2. The van der Waals surface area contributed by atoms with Crippen LogP contribution in [0.4, 0.5) is 0 Å². The quantitative estimate of drug-likeness (QED) is 0.457. The molecule has 0 unspecified atom stereocenters. The Morgan fingerprint density at radius 3 is 2.61 bits per heavy atom. The van der Waals surface area contributed by atoms with Gasteiger partial charge in [-0.2, -0.15) is 0 Å². The van der Waals surface area contributed by atoms with E-state index in [1.54, 1.807) is 33.1 Å². The minimum absolute atomic E-state index is 0.566. The lowest BCUT2D eigenvalue weighted by molar-refractivity contribution is 0.272. The van der Waals surface area contributed by atoms with Crippen LogP contribution in [0.3, 0.4) is 0 Å². The van der Waals surface area contributed by atoms with E-state index in [-0.39, 0.29) is 0 Å². The van der Waals surface area contributed by atoms with E-state index < -0.39 is 0 Å². The standard InChI is InChI=1S/C27H24N2O4/c1-30-24-11-9-20(14-25(24)31-2)19-8-10-23-22(13-19)27(29-17-28-23)26-16-32-15-21(33-26)12-18-6-4-3-5-7-18/h3-4,6,8-11,13-17H,5,7,12H2,1-2H3. The molecule has 0 saturated carbocycles. The van der Waals surface area contributed by atoms with Gasteiger partial charge in [0, 0.05) is 11.8 Å². The molecule has 2 heterocycles. The van der Waals surface area contributed by atoms with Crippen molar-refractivity contribution >= 4 is 16.7 Å². The van der Waals surface area contributed by atoms with Crippen molar-refractivity contribution in [2.24, 2.45) is 0 Å². The molecule has 33 heavy (non-hydrogen) atoms. The number of ether oxygens (including phenoxy) is 4. The second kappa shape index (κ2) is 9.20. The number of fused-ring (bicyclic) bond motifs is 1. The molecule has 0 spiro atoms. The fourth-order valence-electron chi connectivity index (χ4n) is 4.01. The summed E-state index contributed by atoms with van der Waals surface area (Å²) in [4.78, 5) is 8.96. The molecule has 1 aliphatic carbocycles. The van der Waals surface area contributed by atoms with E-state index in [1.165, 1.54) is 5.57 Å². The van der Waals surface area contributed by atoms with E-state index in [0.29, 0.717) is 29.4 Å². The van der Waals surface area contributed by atoms with Crippen LogP contribution in [0.2, 0.25) is 0 Å². The molecule has 2 aromatic carbocycles. The number of hydrogen-bond donors (Lipinski definition) is 0. The minimum Gasteiger partial charge on any atom is -0.493 e. The van der Waals surface area contributed by atoms with E-state index in [2.05, 4.69) is 34.3 Å². The second-order valence-corrected chi connectivity index (χ2v) is 7.80. The van der Waals surface area contributed by atoms with Crippen molar-refractivity contribution in [3.63, 3.8) is 0 Å². The summed E-state index contributed by atoms with van der Waals surface area (Å²) in [7, 11) is 3.26. The second-order valence-electron chi connectivity index (χ2n) is 7.80. The van der Waals surface area contributed by atoms with Crippen LogP contribution in [0.15, 0.2) is 84.8 Å². The van der Waals surface area contributed by atoms with Crippen LogP contribution in [-0.4, -0.2) is 24.2 Å². The molecule has 0 amide bonds. The highest BCUT2D eigenvalue weighted by Gasteiger charge is 2.18. The molecule has 1 aliphatic heterocycles. The lowest BCUT2D eigenvalue weighted by atomic mass is 10.0. The third kappa shape index (κ3) is 4.32. The highest BCUT2D eigenvalue weighted by atomic mass is 16.5. The molecule has 6 nitrogen and oxygen atoms in total. The molecule has 0 atom stereocenters. The first kappa shape index (κ1) is 20.8. The molecule has 166 valence electrons. The maximum atomic E-state index is 6.20. The van der Waals surface area contributed by atoms with Crippen LogP contribution >= 0.6 is 0 Å². The number of nitrogens with zero attached hydrogens (tertiary/aromatic N) is 2. The van der Waals surface area contributed by atoms with Crippen molar-refractivity contribution in [1.29, 1.82) is 0 Å². The van der Waals surface area contributed by atoms with Gasteiger partial charge in [0.15, 0.2) is 17.3 Å². The maximum absolute atomic E-state index is 6.20. The summed E-state index contributed by atoms with van der Waals surface area (Å²) in [5.74, 6) is 2.69. The van der Waals surface area contributed by atoms with Crippen LogP contribution in [0.5, 0.6) is 11.5 Å². The van der Waals surface area contributed by atoms with Gasteiger partial charge in [0.25, 0.3) is 0 Å².